The standard InChI is InChI=1S/C30H52O3Si2/c1-10-17-28-25(21-23-29(28)33-35(11-2,12-3)13-4)20-22-27(32-34(8,9)30(5,6)7)24-31-26-18-15-14-16-19-26/h10,14-16,18-19,21,27-29H,1,11-13,17,20,22-24H2,2-9H3/t27-,28+,29-/m0/s1. The Balaban J connectivity index is 2.11. The molecule has 0 saturated heterocycles. The van der Waals surface area contributed by atoms with Crippen molar-refractivity contribution in [3.05, 3.63) is 54.6 Å². The van der Waals surface area contributed by atoms with Crippen LogP contribution in [0.15, 0.2) is 54.6 Å². The van der Waals surface area contributed by atoms with Gasteiger partial charge in [0.05, 0.1) is 12.2 Å². The van der Waals surface area contributed by atoms with Gasteiger partial charge in [0.15, 0.2) is 16.6 Å². The van der Waals surface area contributed by atoms with Crippen molar-refractivity contribution >= 4 is 16.6 Å². The molecule has 0 unspecified atom stereocenters. The second kappa shape index (κ2) is 13.4. The molecule has 0 saturated carbocycles. The molecule has 35 heavy (non-hydrogen) atoms. The van der Waals surface area contributed by atoms with Crippen LogP contribution in [0, 0.1) is 5.92 Å². The van der Waals surface area contributed by atoms with Crippen molar-refractivity contribution in [2.24, 2.45) is 5.92 Å². The Kier molecular flexibility index (Phi) is 11.5. The summed E-state index contributed by atoms with van der Waals surface area (Å²) in [5, 5.41) is 0.170. The number of ether oxygens (including phenoxy) is 1. The first-order valence-corrected chi connectivity index (χ1v) is 19.3. The topological polar surface area (TPSA) is 27.7 Å². The highest BCUT2D eigenvalue weighted by atomic mass is 28.4. The lowest BCUT2D eigenvalue weighted by Crippen LogP contribution is -2.45. The van der Waals surface area contributed by atoms with Gasteiger partial charge in [0, 0.05) is 5.92 Å². The maximum atomic E-state index is 6.97. The lowest BCUT2D eigenvalue weighted by molar-refractivity contribution is 0.106. The van der Waals surface area contributed by atoms with E-state index in [0.29, 0.717) is 18.6 Å². The van der Waals surface area contributed by atoms with Crippen LogP contribution in [0.25, 0.3) is 0 Å². The van der Waals surface area contributed by atoms with E-state index in [1.165, 1.54) is 23.7 Å². The Labute approximate surface area is 218 Å². The summed E-state index contributed by atoms with van der Waals surface area (Å²) < 4.78 is 20.0. The quantitative estimate of drug-likeness (QED) is 0.172. The van der Waals surface area contributed by atoms with Gasteiger partial charge in [0.1, 0.15) is 12.4 Å². The molecule has 1 aliphatic carbocycles. The summed E-state index contributed by atoms with van der Waals surface area (Å²) in [5.74, 6) is 1.36. The molecule has 3 atom stereocenters. The molecule has 1 aromatic rings. The highest BCUT2D eigenvalue weighted by Gasteiger charge is 2.40. The number of hydrogen-bond donors (Lipinski definition) is 0. The molecule has 1 aromatic carbocycles. The van der Waals surface area contributed by atoms with Gasteiger partial charge < -0.3 is 13.6 Å². The second-order valence-corrected chi connectivity index (χ2v) is 21.2. The monoisotopic (exact) mass is 516 g/mol. The van der Waals surface area contributed by atoms with E-state index in [9.17, 15) is 0 Å². The second-order valence-electron chi connectivity index (χ2n) is 11.7. The summed E-state index contributed by atoms with van der Waals surface area (Å²) in [4.78, 5) is 0. The third-order valence-electron chi connectivity index (χ3n) is 8.49. The van der Waals surface area contributed by atoms with E-state index in [1.807, 2.05) is 30.3 Å². The molecule has 0 amide bonds. The van der Waals surface area contributed by atoms with Crippen molar-refractivity contribution in [2.75, 3.05) is 6.61 Å². The fraction of sp³-hybridized carbons (Fsp3) is 0.667. The van der Waals surface area contributed by atoms with Gasteiger partial charge in [0.2, 0.25) is 0 Å². The highest BCUT2D eigenvalue weighted by molar-refractivity contribution is 6.74. The summed E-state index contributed by atoms with van der Waals surface area (Å²) in [6, 6.07) is 13.7. The molecule has 1 aliphatic rings. The van der Waals surface area contributed by atoms with Gasteiger partial charge in [-0.25, -0.2) is 0 Å². The first-order chi connectivity index (χ1) is 16.5. The fourth-order valence-corrected chi connectivity index (χ4v) is 9.12. The smallest absolute Gasteiger partial charge is 0.192 e. The first kappa shape index (κ1) is 30.1. The van der Waals surface area contributed by atoms with Crippen LogP contribution in [-0.4, -0.2) is 35.4 Å². The van der Waals surface area contributed by atoms with Crippen LogP contribution >= 0.6 is 0 Å². The summed E-state index contributed by atoms with van der Waals surface area (Å²) in [7, 11) is -3.55. The molecule has 0 N–H and O–H groups in total. The molecule has 0 aliphatic heterocycles. The number of hydrogen-bond acceptors (Lipinski definition) is 3. The van der Waals surface area contributed by atoms with Crippen LogP contribution < -0.4 is 4.74 Å². The summed E-state index contributed by atoms with van der Waals surface area (Å²) >= 11 is 0. The number of para-hydroxylation sites is 1. The first-order valence-electron chi connectivity index (χ1n) is 13.8. The predicted octanol–water partition coefficient (Wildman–Crippen LogP) is 9.15. The molecular weight excluding hydrogens is 464 g/mol. The highest BCUT2D eigenvalue weighted by Crippen LogP contribution is 2.40. The van der Waals surface area contributed by atoms with Gasteiger partial charge in [-0.3, -0.25) is 0 Å². The average Bonchev–Trinajstić information content (AvgIpc) is 3.20. The van der Waals surface area contributed by atoms with Crippen molar-refractivity contribution in [3.63, 3.8) is 0 Å². The zero-order valence-corrected chi connectivity index (χ0v) is 25.9. The minimum absolute atomic E-state index is 0.0803. The zero-order valence-electron chi connectivity index (χ0n) is 23.9. The van der Waals surface area contributed by atoms with Gasteiger partial charge in [0.25, 0.3) is 0 Å². The van der Waals surface area contributed by atoms with Crippen LogP contribution in [0.2, 0.25) is 36.3 Å². The van der Waals surface area contributed by atoms with Crippen molar-refractivity contribution in [1.29, 1.82) is 0 Å². The molecule has 0 spiro atoms. The van der Waals surface area contributed by atoms with Crippen molar-refractivity contribution < 1.29 is 13.6 Å². The normalized spacial score (nSPS) is 19.9. The lowest BCUT2D eigenvalue weighted by atomic mass is 9.92. The Morgan fingerprint density at radius 2 is 1.69 bits per heavy atom. The zero-order chi connectivity index (χ0) is 26.1. The van der Waals surface area contributed by atoms with Gasteiger partial charge in [-0.2, -0.15) is 0 Å². The average molecular weight is 517 g/mol. The molecule has 0 bridgehead atoms. The summed E-state index contributed by atoms with van der Waals surface area (Å²) in [5.41, 5.74) is 1.53. The van der Waals surface area contributed by atoms with E-state index in [-0.39, 0.29) is 11.1 Å². The Bertz CT molecular complexity index is 785. The molecule has 0 radical (unpaired) electrons. The molecule has 0 fully saturated rings. The maximum Gasteiger partial charge on any atom is 0.192 e. The van der Waals surface area contributed by atoms with E-state index in [2.05, 4.69) is 73.4 Å². The number of rotatable bonds is 15. The van der Waals surface area contributed by atoms with Crippen molar-refractivity contribution in [3.8, 4) is 5.75 Å². The largest absolute Gasteiger partial charge is 0.491 e. The van der Waals surface area contributed by atoms with Crippen molar-refractivity contribution in [2.45, 2.75) is 116 Å². The predicted molar refractivity (Wildman–Crippen MR) is 156 cm³/mol. The third kappa shape index (κ3) is 8.45. The van der Waals surface area contributed by atoms with E-state index in [0.717, 1.165) is 31.4 Å². The maximum absolute atomic E-state index is 6.97. The SMILES string of the molecule is C=CC[C@@H]1C(CC[C@@H](COc2ccccc2)O[Si](C)(C)C(C)(C)C)=CC[C@@H]1O[Si](CC)(CC)CC. The third-order valence-corrected chi connectivity index (χ3v) is 17.7. The summed E-state index contributed by atoms with van der Waals surface area (Å²) in [6.45, 7) is 23.2. The van der Waals surface area contributed by atoms with Gasteiger partial charge in [-0.1, -0.05) is 77.5 Å². The number of allylic oxidation sites excluding steroid dienone is 1. The molecule has 198 valence electrons. The van der Waals surface area contributed by atoms with Crippen LogP contribution in [0.4, 0.5) is 0 Å². The fourth-order valence-electron chi connectivity index (χ4n) is 4.85. The van der Waals surface area contributed by atoms with E-state index in [4.69, 9.17) is 13.6 Å². The Morgan fingerprint density at radius 3 is 2.23 bits per heavy atom. The van der Waals surface area contributed by atoms with Crippen LogP contribution in [0.5, 0.6) is 5.75 Å². The van der Waals surface area contributed by atoms with Gasteiger partial charge in [-0.15, -0.1) is 6.58 Å². The molecule has 0 heterocycles. The minimum Gasteiger partial charge on any atom is -0.491 e. The van der Waals surface area contributed by atoms with E-state index in [1.54, 1.807) is 0 Å². The molecule has 0 aromatic heterocycles. The molecular formula is C30H52O3Si2. The van der Waals surface area contributed by atoms with Crippen LogP contribution in [-0.2, 0) is 8.85 Å². The molecule has 3 nitrogen and oxygen atoms in total. The van der Waals surface area contributed by atoms with E-state index < -0.39 is 16.6 Å². The van der Waals surface area contributed by atoms with Gasteiger partial charge in [-0.05, 0) is 74.1 Å². The number of benzene rings is 1. The minimum atomic E-state index is -1.91. The van der Waals surface area contributed by atoms with Gasteiger partial charge >= 0.3 is 0 Å². The van der Waals surface area contributed by atoms with Crippen molar-refractivity contribution in [1.82, 2.24) is 0 Å². The Hall–Kier alpha value is -1.15. The molecule has 5 heteroatoms. The summed E-state index contributed by atoms with van der Waals surface area (Å²) in [6.07, 6.45) is 8.98. The van der Waals surface area contributed by atoms with Crippen LogP contribution in [0.1, 0.15) is 67.2 Å². The Morgan fingerprint density at radius 1 is 1.06 bits per heavy atom. The van der Waals surface area contributed by atoms with E-state index >= 15 is 0 Å². The lowest BCUT2D eigenvalue weighted by Gasteiger charge is -2.39. The molecule has 2 rings (SSSR count). The van der Waals surface area contributed by atoms with Crippen LogP contribution in [0.3, 0.4) is 0 Å².